The second-order valence-corrected chi connectivity index (χ2v) is 9.17. The molecular formula is C20H18ClNO6S. The van der Waals surface area contributed by atoms with Gasteiger partial charge in [0, 0.05) is 34.6 Å². The highest BCUT2D eigenvalue weighted by Crippen LogP contribution is 2.49. The molecule has 0 spiro atoms. The van der Waals surface area contributed by atoms with E-state index in [1.165, 1.54) is 30.3 Å². The molecule has 1 heterocycles. The summed E-state index contributed by atoms with van der Waals surface area (Å²) < 4.78 is 34.2. The lowest BCUT2D eigenvalue weighted by Gasteiger charge is -2.22. The molecule has 0 amide bonds. The van der Waals surface area contributed by atoms with Crippen molar-refractivity contribution in [3.63, 3.8) is 0 Å². The fourth-order valence-corrected chi connectivity index (χ4v) is 5.36. The Morgan fingerprint density at radius 1 is 1.21 bits per heavy atom. The summed E-state index contributed by atoms with van der Waals surface area (Å²) in [4.78, 5) is 10.9. The number of fused-ring (bicyclic) bond motifs is 3. The Hall–Kier alpha value is -2.39. The van der Waals surface area contributed by atoms with Crippen molar-refractivity contribution in [2.24, 2.45) is 0 Å². The maximum absolute atomic E-state index is 12.8. The van der Waals surface area contributed by atoms with Crippen molar-refractivity contribution in [3.05, 3.63) is 64.7 Å². The quantitative estimate of drug-likeness (QED) is 0.621. The van der Waals surface area contributed by atoms with Crippen molar-refractivity contribution in [1.29, 1.82) is 0 Å². The second kappa shape index (κ2) is 7.46. The first-order valence-corrected chi connectivity index (χ1v) is 10.8. The van der Waals surface area contributed by atoms with Gasteiger partial charge in [-0.15, -0.1) is 0 Å². The summed E-state index contributed by atoms with van der Waals surface area (Å²) in [5.41, 5.74) is 1.33. The molecule has 1 aliphatic heterocycles. The molecule has 0 aromatic heterocycles. The predicted octanol–water partition coefficient (Wildman–Crippen LogP) is 2.39. The first kappa shape index (κ1) is 19.9. The van der Waals surface area contributed by atoms with Gasteiger partial charge in [-0.25, -0.2) is 17.9 Å². The van der Waals surface area contributed by atoms with Crippen LogP contribution in [0.3, 0.4) is 0 Å². The van der Waals surface area contributed by atoms with Gasteiger partial charge in [0.25, 0.3) is 0 Å². The number of sulfonamides is 1. The zero-order valence-electron chi connectivity index (χ0n) is 15.0. The molecule has 9 heteroatoms. The van der Waals surface area contributed by atoms with Crippen LogP contribution >= 0.6 is 11.6 Å². The Morgan fingerprint density at radius 2 is 1.93 bits per heavy atom. The number of halogens is 1. The monoisotopic (exact) mass is 435 g/mol. The van der Waals surface area contributed by atoms with Crippen LogP contribution in [-0.4, -0.2) is 42.8 Å². The van der Waals surface area contributed by atoms with Crippen LogP contribution in [-0.2, 0) is 14.8 Å². The first-order valence-electron chi connectivity index (χ1n) is 8.93. The van der Waals surface area contributed by atoms with Crippen LogP contribution in [0.1, 0.15) is 23.5 Å². The lowest BCUT2D eigenvalue weighted by atomic mass is 9.93. The number of hydrogen-bond acceptors (Lipinski definition) is 5. The number of aliphatic hydroxyl groups is 1. The SMILES string of the molecule is O=C(O)/C=C/c1cccc2c1OC1CC(O)C(NS(=O)(=O)c3ccc(Cl)cc3)C21. The van der Waals surface area contributed by atoms with Crippen molar-refractivity contribution >= 4 is 33.7 Å². The number of aliphatic carboxylic acids is 1. The van der Waals surface area contributed by atoms with E-state index < -0.39 is 34.2 Å². The molecule has 0 bridgehead atoms. The standard InChI is InChI=1S/C20H18ClNO6S/c21-12-5-7-13(8-6-12)29(26,27)22-19-15(23)10-16-18(19)14-3-1-2-11(20(14)28-16)4-9-17(24)25/h1-9,15-16,18-19,22-23H,10H2,(H,24,25)/b9-4+. The van der Waals surface area contributed by atoms with E-state index in [9.17, 15) is 18.3 Å². The number of benzene rings is 2. The summed E-state index contributed by atoms with van der Waals surface area (Å²) >= 11 is 5.83. The van der Waals surface area contributed by atoms with Crippen molar-refractivity contribution in [2.75, 3.05) is 0 Å². The smallest absolute Gasteiger partial charge is 0.328 e. The zero-order valence-corrected chi connectivity index (χ0v) is 16.6. The van der Waals surface area contributed by atoms with Crippen molar-refractivity contribution in [3.8, 4) is 5.75 Å². The first-order chi connectivity index (χ1) is 13.8. The molecule has 1 fully saturated rings. The van der Waals surface area contributed by atoms with Crippen LogP contribution in [0, 0.1) is 0 Å². The Morgan fingerprint density at radius 3 is 2.62 bits per heavy atom. The molecule has 2 aliphatic rings. The Kier molecular flexibility index (Phi) is 5.12. The van der Waals surface area contributed by atoms with Crippen molar-refractivity contribution in [1.82, 2.24) is 4.72 Å². The minimum absolute atomic E-state index is 0.0508. The van der Waals surface area contributed by atoms with E-state index in [4.69, 9.17) is 21.4 Å². The van der Waals surface area contributed by atoms with Crippen LogP contribution in [0.5, 0.6) is 5.75 Å². The number of para-hydroxylation sites is 1. The highest BCUT2D eigenvalue weighted by Gasteiger charge is 2.51. The van der Waals surface area contributed by atoms with Gasteiger partial charge in [-0.2, -0.15) is 0 Å². The molecule has 4 unspecified atom stereocenters. The lowest BCUT2D eigenvalue weighted by Crippen LogP contribution is -2.43. The summed E-state index contributed by atoms with van der Waals surface area (Å²) in [7, 11) is -3.88. The van der Waals surface area contributed by atoms with Crippen molar-refractivity contribution < 1.29 is 28.2 Å². The summed E-state index contributed by atoms with van der Waals surface area (Å²) in [5.74, 6) is -0.951. The third-order valence-corrected chi connectivity index (χ3v) is 6.93. The average molecular weight is 436 g/mol. The van der Waals surface area contributed by atoms with E-state index >= 15 is 0 Å². The molecule has 7 nitrogen and oxygen atoms in total. The van der Waals surface area contributed by atoms with Gasteiger partial charge in [-0.1, -0.05) is 29.8 Å². The van der Waals surface area contributed by atoms with Gasteiger partial charge in [0.1, 0.15) is 11.9 Å². The van der Waals surface area contributed by atoms with Gasteiger partial charge < -0.3 is 14.9 Å². The molecule has 1 saturated carbocycles. The van der Waals surface area contributed by atoms with Gasteiger partial charge in [0.2, 0.25) is 10.0 Å². The minimum Gasteiger partial charge on any atom is -0.489 e. The molecule has 2 aromatic rings. The number of carbonyl (C=O) groups is 1. The maximum Gasteiger partial charge on any atom is 0.328 e. The third kappa shape index (κ3) is 3.76. The summed E-state index contributed by atoms with van der Waals surface area (Å²) in [5, 5.41) is 19.8. The summed E-state index contributed by atoms with van der Waals surface area (Å²) in [6.07, 6.45) is 1.39. The van der Waals surface area contributed by atoms with E-state index in [2.05, 4.69) is 4.72 Å². The molecular weight excluding hydrogens is 418 g/mol. The molecule has 152 valence electrons. The van der Waals surface area contributed by atoms with Crippen LogP contribution in [0.4, 0.5) is 0 Å². The number of aliphatic hydroxyl groups excluding tert-OH is 1. The lowest BCUT2D eigenvalue weighted by molar-refractivity contribution is -0.131. The molecule has 0 saturated heterocycles. The third-order valence-electron chi connectivity index (χ3n) is 5.20. The maximum atomic E-state index is 12.8. The molecule has 0 radical (unpaired) electrons. The molecule has 3 N–H and O–H groups in total. The van der Waals surface area contributed by atoms with Crippen LogP contribution in [0.15, 0.2) is 53.4 Å². The van der Waals surface area contributed by atoms with Crippen LogP contribution in [0.2, 0.25) is 5.02 Å². The highest BCUT2D eigenvalue weighted by molar-refractivity contribution is 7.89. The van der Waals surface area contributed by atoms with E-state index in [1.54, 1.807) is 18.2 Å². The topological polar surface area (TPSA) is 113 Å². The normalized spacial score (nSPS) is 25.6. The fraction of sp³-hybridized carbons (Fsp3) is 0.250. The number of ether oxygens (including phenoxy) is 1. The van der Waals surface area contributed by atoms with Crippen molar-refractivity contribution in [2.45, 2.75) is 35.5 Å². The largest absolute Gasteiger partial charge is 0.489 e. The van der Waals surface area contributed by atoms with Gasteiger partial charge in [-0.3, -0.25) is 0 Å². The molecule has 29 heavy (non-hydrogen) atoms. The number of carboxylic acid groups (broad SMARTS) is 1. The molecule has 2 aromatic carbocycles. The molecule has 4 atom stereocenters. The Labute approximate surface area is 172 Å². The van der Waals surface area contributed by atoms with E-state index in [0.717, 1.165) is 11.6 Å². The van der Waals surface area contributed by atoms with Gasteiger partial charge in [-0.05, 0) is 30.3 Å². The highest BCUT2D eigenvalue weighted by atomic mass is 35.5. The molecule has 4 rings (SSSR count). The average Bonchev–Trinajstić information content (AvgIpc) is 3.16. The summed E-state index contributed by atoms with van der Waals surface area (Å²) in [6, 6.07) is 10.3. The van der Waals surface area contributed by atoms with Gasteiger partial charge >= 0.3 is 5.97 Å². The number of carboxylic acids is 1. The second-order valence-electron chi connectivity index (χ2n) is 7.02. The van der Waals surface area contributed by atoms with E-state index in [0.29, 0.717) is 16.3 Å². The van der Waals surface area contributed by atoms with E-state index in [-0.39, 0.29) is 17.2 Å². The number of rotatable bonds is 5. The predicted molar refractivity (Wildman–Crippen MR) is 106 cm³/mol. The van der Waals surface area contributed by atoms with Crippen LogP contribution in [0.25, 0.3) is 6.08 Å². The van der Waals surface area contributed by atoms with Gasteiger partial charge in [0.15, 0.2) is 0 Å². The number of nitrogens with one attached hydrogen (secondary N) is 1. The zero-order chi connectivity index (χ0) is 20.8. The van der Waals surface area contributed by atoms with Gasteiger partial charge in [0.05, 0.1) is 17.0 Å². The minimum atomic E-state index is -3.88. The Balaban J connectivity index is 1.66. The fourth-order valence-electron chi connectivity index (χ4n) is 3.95. The van der Waals surface area contributed by atoms with Crippen LogP contribution < -0.4 is 9.46 Å². The summed E-state index contributed by atoms with van der Waals surface area (Å²) in [6.45, 7) is 0. The Bertz CT molecular complexity index is 1080. The van der Waals surface area contributed by atoms with E-state index in [1.807, 2.05) is 0 Å². The molecule has 1 aliphatic carbocycles. The number of hydrogen-bond donors (Lipinski definition) is 3.